The summed E-state index contributed by atoms with van der Waals surface area (Å²) >= 11 is 0. The lowest BCUT2D eigenvalue weighted by atomic mass is 9.74. The summed E-state index contributed by atoms with van der Waals surface area (Å²) in [6.45, 7) is 14.1. The SMILES string of the molecule is CC(C)Cc1ccc2cnc(-c3cccc4c3C(C)(C)C3=C4C(C)(C)c4ccccc43)cc2c1. The van der Waals surface area contributed by atoms with Crippen molar-refractivity contribution in [2.24, 2.45) is 5.92 Å². The maximum absolute atomic E-state index is 4.97. The highest BCUT2D eigenvalue weighted by Gasteiger charge is 2.50. The molecule has 2 aliphatic carbocycles. The minimum atomic E-state index is -0.0821. The Balaban J connectivity index is 1.54. The molecule has 0 spiro atoms. The Morgan fingerprint density at radius 1 is 0.706 bits per heavy atom. The van der Waals surface area contributed by atoms with Crippen LogP contribution >= 0.6 is 0 Å². The zero-order valence-electron chi connectivity index (χ0n) is 21.2. The Kier molecular flexibility index (Phi) is 4.49. The van der Waals surface area contributed by atoms with Crippen LogP contribution in [0, 0.1) is 5.92 Å². The minimum absolute atomic E-state index is 0.00433. The van der Waals surface area contributed by atoms with E-state index in [1.165, 1.54) is 55.3 Å². The number of benzene rings is 3. The van der Waals surface area contributed by atoms with E-state index in [0.29, 0.717) is 5.92 Å². The molecular weight excluding hydrogens is 410 g/mol. The van der Waals surface area contributed by atoms with E-state index in [9.17, 15) is 0 Å². The Labute approximate surface area is 203 Å². The van der Waals surface area contributed by atoms with Crippen LogP contribution in [-0.2, 0) is 17.3 Å². The van der Waals surface area contributed by atoms with Gasteiger partial charge in [0, 0.05) is 28.0 Å². The van der Waals surface area contributed by atoms with Crippen LogP contribution in [-0.4, -0.2) is 4.98 Å². The summed E-state index contributed by atoms with van der Waals surface area (Å²) in [7, 11) is 0. The van der Waals surface area contributed by atoms with E-state index in [0.717, 1.165) is 12.1 Å². The summed E-state index contributed by atoms with van der Waals surface area (Å²) in [4.78, 5) is 4.97. The van der Waals surface area contributed by atoms with E-state index in [2.05, 4.69) is 108 Å². The number of hydrogen-bond acceptors (Lipinski definition) is 1. The topological polar surface area (TPSA) is 12.9 Å². The van der Waals surface area contributed by atoms with E-state index < -0.39 is 0 Å². The van der Waals surface area contributed by atoms with Gasteiger partial charge in [0.05, 0.1) is 5.69 Å². The van der Waals surface area contributed by atoms with Crippen molar-refractivity contribution in [3.8, 4) is 11.3 Å². The molecule has 1 heteroatoms. The summed E-state index contributed by atoms with van der Waals surface area (Å²) in [5.74, 6) is 0.650. The first-order chi connectivity index (χ1) is 16.2. The molecule has 1 nitrogen and oxygen atoms in total. The molecule has 0 aliphatic heterocycles. The third kappa shape index (κ3) is 2.89. The number of aromatic nitrogens is 1. The molecule has 0 fully saturated rings. The zero-order valence-corrected chi connectivity index (χ0v) is 21.2. The van der Waals surface area contributed by atoms with Gasteiger partial charge in [-0.3, -0.25) is 4.98 Å². The molecule has 0 unspecified atom stereocenters. The van der Waals surface area contributed by atoms with Gasteiger partial charge in [-0.15, -0.1) is 0 Å². The lowest BCUT2D eigenvalue weighted by Gasteiger charge is -2.29. The first-order valence-electron chi connectivity index (χ1n) is 12.6. The van der Waals surface area contributed by atoms with Gasteiger partial charge in [0.1, 0.15) is 0 Å². The molecule has 0 bridgehead atoms. The Hall–Kier alpha value is -3.19. The van der Waals surface area contributed by atoms with Crippen molar-refractivity contribution < 1.29 is 0 Å². The molecule has 3 aromatic carbocycles. The van der Waals surface area contributed by atoms with Crippen LogP contribution in [0.15, 0.2) is 72.9 Å². The van der Waals surface area contributed by atoms with Crippen molar-refractivity contribution >= 4 is 21.9 Å². The molecular formula is C33H33N. The maximum Gasteiger partial charge on any atom is 0.0711 e. The highest BCUT2D eigenvalue weighted by atomic mass is 14.7. The predicted octanol–water partition coefficient (Wildman–Crippen LogP) is 8.59. The standard InChI is InChI=1S/C33H33N/c1-20(2)16-21-14-15-22-19-34-28(18-23(22)17-21)25-11-9-12-26-29(25)33(5,6)30-24-10-7-8-13-27(24)32(3,4)31(26)30/h7-15,17-20H,16H2,1-6H3. The molecule has 4 aromatic rings. The molecule has 0 amide bonds. The Bertz CT molecular complexity index is 1500. The zero-order chi connectivity index (χ0) is 23.8. The number of allylic oxidation sites excluding steroid dienone is 2. The van der Waals surface area contributed by atoms with Crippen molar-refractivity contribution in [1.29, 1.82) is 0 Å². The van der Waals surface area contributed by atoms with Crippen molar-refractivity contribution in [3.05, 3.63) is 101 Å². The van der Waals surface area contributed by atoms with Crippen LogP contribution in [0.4, 0.5) is 0 Å². The molecule has 2 aliphatic rings. The highest BCUT2D eigenvalue weighted by molar-refractivity contribution is 6.10. The van der Waals surface area contributed by atoms with E-state index in [1.807, 2.05) is 6.20 Å². The Morgan fingerprint density at radius 3 is 2.21 bits per heavy atom. The molecule has 0 saturated heterocycles. The molecule has 1 heterocycles. The monoisotopic (exact) mass is 443 g/mol. The minimum Gasteiger partial charge on any atom is -0.256 e. The second-order valence-corrected chi connectivity index (χ2v) is 11.6. The fraction of sp³-hybridized carbons (Fsp3) is 0.303. The van der Waals surface area contributed by atoms with Crippen LogP contribution in [0.2, 0.25) is 0 Å². The highest BCUT2D eigenvalue weighted by Crippen LogP contribution is 2.63. The second-order valence-electron chi connectivity index (χ2n) is 11.6. The summed E-state index contributed by atoms with van der Waals surface area (Å²) in [6, 6.07) is 24.9. The number of fused-ring (bicyclic) bond motifs is 5. The van der Waals surface area contributed by atoms with Crippen molar-refractivity contribution in [2.75, 3.05) is 0 Å². The number of rotatable bonds is 3. The number of nitrogens with zero attached hydrogens (tertiary/aromatic N) is 1. The summed E-state index contributed by atoms with van der Waals surface area (Å²) in [5, 5.41) is 2.49. The van der Waals surface area contributed by atoms with Gasteiger partial charge in [0.25, 0.3) is 0 Å². The third-order valence-electron chi connectivity index (χ3n) is 8.03. The predicted molar refractivity (Wildman–Crippen MR) is 145 cm³/mol. The van der Waals surface area contributed by atoms with Gasteiger partial charge in [0.2, 0.25) is 0 Å². The van der Waals surface area contributed by atoms with Crippen molar-refractivity contribution in [2.45, 2.75) is 58.8 Å². The molecule has 0 atom stereocenters. The van der Waals surface area contributed by atoms with Gasteiger partial charge in [-0.1, -0.05) is 102 Å². The average Bonchev–Trinajstić information content (AvgIpc) is 3.20. The molecule has 1 aromatic heterocycles. The summed E-state index contributed by atoms with van der Waals surface area (Å²) in [5.41, 5.74) is 12.3. The van der Waals surface area contributed by atoms with Crippen LogP contribution in [0.3, 0.4) is 0 Å². The fourth-order valence-corrected chi connectivity index (χ4v) is 6.66. The Morgan fingerprint density at radius 2 is 1.41 bits per heavy atom. The number of hydrogen-bond donors (Lipinski definition) is 0. The van der Waals surface area contributed by atoms with Crippen molar-refractivity contribution in [1.82, 2.24) is 4.98 Å². The molecule has 0 N–H and O–H groups in total. The molecule has 170 valence electrons. The first kappa shape index (κ1) is 21.4. The fourth-order valence-electron chi connectivity index (χ4n) is 6.66. The molecule has 0 radical (unpaired) electrons. The van der Waals surface area contributed by atoms with E-state index >= 15 is 0 Å². The summed E-state index contributed by atoms with van der Waals surface area (Å²) < 4.78 is 0. The van der Waals surface area contributed by atoms with Gasteiger partial charge < -0.3 is 0 Å². The summed E-state index contributed by atoms with van der Waals surface area (Å²) in [6.07, 6.45) is 3.15. The quantitative estimate of drug-likeness (QED) is 0.309. The van der Waals surface area contributed by atoms with Gasteiger partial charge >= 0.3 is 0 Å². The van der Waals surface area contributed by atoms with Gasteiger partial charge in [-0.2, -0.15) is 0 Å². The molecule has 0 saturated carbocycles. The van der Waals surface area contributed by atoms with E-state index in [4.69, 9.17) is 4.98 Å². The molecule has 6 rings (SSSR count). The van der Waals surface area contributed by atoms with Crippen molar-refractivity contribution in [3.63, 3.8) is 0 Å². The smallest absolute Gasteiger partial charge is 0.0711 e. The van der Waals surface area contributed by atoms with Gasteiger partial charge in [-0.05, 0) is 62.8 Å². The van der Waals surface area contributed by atoms with Gasteiger partial charge in [-0.25, -0.2) is 0 Å². The molecule has 34 heavy (non-hydrogen) atoms. The average molecular weight is 444 g/mol. The second kappa shape index (κ2) is 7.15. The lowest BCUT2D eigenvalue weighted by molar-refractivity contribution is 0.648. The third-order valence-corrected chi connectivity index (χ3v) is 8.03. The van der Waals surface area contributed by atoms with Crippen LogP contribution in [0.1, 0.15) is 69.4 Å². The normalized spacial score (nSPS) is 17.3. The van der Waals surface area contributed by atoms with E-state index in [-0.39, 0.29) is 10.8 Å². The first-order valence-corrected chi connectivity index (χ1v) is 12.6. The lowest BCUT2D eigenvalue weighted by Crippen LogP contribution is -2.20. The number of pyridine rings is 1. The van der Waals surface area contributed by atoms with Gasteiger partial charge in [0.15, 0.2) is 0 Å². The largest absolute Gasteiger partial charge is 0.256 e. The van der Waals surface area contributed by atoms with E-state index in [1.54, 1.807) is 0 Å². The van der Waals surface area contributed by atoms with Crippen LogP contribution in [0.25, 0.3) is 33.2 Å². The van der Waals surface area contributed by atoms with Crippen LogP contribution < -0.4 is 0 Å². The maximum atomic E-state index is 4.97. The van der Waals surface area contributed by atoms with Crippen LogP contribution in [0.5, 0.6) is 0 Å².